The minimum Gasteiger partial charge on any atom is -0.497 e. The molecule has 0 unspecified atom stereocenters. The quantitative estimate of drug-likeness (QED) is 0.412. The summed E-state index contributed by atoms with van der Waals surface area (Å²) in [5.74, 6) is 0.756. The van der Waals surface area contributed by atoms with Gasteiger partial charge in [0.05, 0.1) is 32.8 Å². The molecular weight excluding hydrogens is 406 g/mol. The van der Waals surface area contributed by atoms with E-state index in [0.717, 1.165) is 11.1 Å². The minimum atomic E-state index is -0.351. The van der Waals surface area contributed by atoms with Crippen LogP contribution < -0.4 is 9.47 Å². The lowest BCUT2D eigenvalue weighted by Gasteiger charge is -2.36. The van der Waals surface area contributed by atoms with Crippen LogP contribution in [0, 0.1) is 5.92 Å². The van der Waals surface area contributed by atoms with E-state index >= 15 is 0 Å². The molecule has 0 N–H and O–H groups in total. The van der Waals surface area contributed by atoms with E-state index in [-0.39, 0.29) is 30.3 Å². The Labute approximate surface area is 189 Å². The van der Waals surface area contributed by atoms with Gasteiger partial charge in [0.25, 0.3) is 0 Å². The van der Waals surface area contributed by atoms with E-state index in [1.165, 1.54) is 0 Å². The summed E-state index contributed by atoms with van der Waals surface area (Å²) < 4.78 is 15.9. The Morgan fingerprint density at radius 3 is 2.50 bits per heavy atom. The van der Waals surface area contributed by atoms with Gasteiger partial charge in [-0.3, -0.25) is 9.59 Å². The van der Waals surface area contributed by atoms with E-state index in [0.29, 0.717) is 37.5 Å². The summed E-state index contributed by atoms with van der Waals surface area (Å²) >= 11 is 0. The molecule has 1 aliphatic rings. The molecule has 0 aromatic heterocycles. The molecule has 0 fully saturated rings. The van der Waals surface area contributed by atoms with E-state index in [4.69, 9.17) is 14.2 Å². The summed E-state index contributed by atoms with van der Waals surface area (Å²) in [6.07, 6.45) is 5.39. The molecule has 6 heteroatoms. The van der Waals surface area contributed by atoms with E-state index < -0.39 is 0 Å². The van der Waals surface area contributed by atoms with Gasteiger partial charge in [0, 0.05) is 24.6 Å². The second kappa shape index (κ2) is 11.4. The maximum atomic E-state index is 13.5. The first-order valence-corrected chi connectivity index (χ1v) is 10.9. The normalized spacial score (nSPS) is 17.8. The largest absolute Gasteiger partial charge is 0.497 e. The molecule has 2 atom stereocenters. The Balaban J connectivity index is 1.84. The Morgan fingerprint density at radius 2 is 1.81 bits per heavy atom. The van der Waals surface area contributed by atoms with Gasteiger partial charge in [0.1, 0.15) is 11.5 Å². The van der Waals surface area contributed by atoms with Gasteiger partial charge in [0.15, 0.2) is 0 Å². The van der Waals surface area contributed by atoms with Crippen LogP contribution in [0.4, 0.5) is 0 Å². The van der Waals surface area contributed by atoms with Crippen molar-refractivity contribution in [2.24, 2.45) is 5.92 Å². The fraction of sp³-hybridized carbons (Fsp3) is 0.385. The van der Waals surface area contributed by atoms with Gasteiger partial charge >= 0.3 is 5.97 Å². The highest BCUT2D eigenvalue weighted by molar-refractivity contribution is 5.83. The molecule has 0 aliphatic carbocycles. The number of hydrogen-bond acceptors (Lipinski definition) is 5. The molecule has 0 saturated carbocycles. The third-order valence-electron chi connectivity index (χ3n) is 5.65. The van der Waals surface area contributed by atoms with Crippen molar-refractivity contribution in [1.29, 1.82) is 0 Å². The molecule has 6 nitrogen and oxygen atoms in total. The number of hydrogen-bond donors (Lipinski definition) is 0. The van der Waals surface area contributed by atoms with Crippen LogP contribution in [0.5, 0.6) is 11.5 Å². The highest BCUT2D eigenvalue weighted by Gasteiger charge is 2.32. The van der Waals surface area contributed by atoms with Gasteiger partial charge in [0.2, 0.25) is 5.91 Å². The second-order valence-corrected chi connectivity index (χ2v) is 7.74. The van der Waals surface area contributed by atoms with Gasteiger partial charge in [-0.05, 0) is 37.5 Å². The number of amides is 1. The maximum Gasteiger partial charge on any atom is 0.305 e. The van der Waals surface area contributed by atoms with Crippen molar-refractivity contribution >= 4 is 11.9 Å². The third kappa shape index (κ3) is 5.90. The molecule has 1 amide bonds. The van der Waals surface area contributed by atoms with Crippen molar-refractivity contribution in [3.8, 4) is 11.5 Å². The average Bonchev–Trinajstić information content (AvgIpc) is 2.81. The fourth-order valence-corrected chi connectivity index (χ4v) is 3.95. The lowest BCUT2D eigenvalue weighted by molar-refractivity contribution is -0.144. The Morgan fingerprint density at radius 1 is 1.03 bits per heavy atom. The molecule has 1 aliphatic heterocycles. The Kier molecular flexibility index (Phi) is 8.31. The summed E-state index contributed by atoms with van der Waals surface area (Å²) in [5, 5.41) is 0. The zero-order chi connectivity index (χ0) is 22.9. The number of carbonyl (C=O) groups excluding carboxylic acids is 2. The molecule has 2 aromatic carbocycles. The predicted molar refractivity (Wildman–Crippen MR) is 123 cm³/mol. The number of benzene rings is 2. The zero-order valence-corrected chi connectivity index (χ0v) is 19.0. The van der Waals surface area contributed by atoms with Gasteiger partial charge in [-0.25, -0.2) is 0 Å². The number of carbonyl (C=O) groups is 2. The fourth-order valence-electron chi connectivity index (χ4n) is 3.95. The molecule has 0 saturated heterocycles. The molecule has 0 radical (unpaired) electrons. The van der Waals surface area contributed by atoms with E-state index in [2.05, 4.69) is 18.2 Å². The molecule has 32 heavy (non-hydrogen) atoms. The van der Waals surface area contributed by atoms with Gasteiger partial charge in [-0.15, -0.1) is 0 Å². The van der Waals surface area contributed by atoms with Crippen LogP contribution in [0.2, 0.25) is 0 Å². The first-order chi connectivity index (χ1) is 15.5. The van der Waals surface area contributed by atoms with Crippen LogP contribution in [0.15, 0.2) is 60.7 Å². The monoisotopic (exact) mass is 437 g/mol. The zero-order valence-electron chi connectivity index (χ0n) is 19.0. The molecule has 1 heterocycles. The molecule has 0 bridgehead atoms. The van der Waals surface area contributed by atoms with Crippen LogP contribution in [0.3, 0.4) is 0 Å². The summed E-state index contributed by atoms with van der Waals surface area (Å²) in [6.45, 7) is 2.53. The van der Waals surface area contributed by atoms with E-state index in [9.17, 15) is 9.59 Å². The number of esters is 1. The van der Waals surface area contributed by atoms with Crippen molar-refractivity contribution in [1.82, 2.24) is 4.90 Å². The lowest BCUT2D eigenvalue weighted by atomic mass is 9.92. The highest BCUT2D eigenvalue weighted by atomic mass is 16.5. The van der Waals surface area contributed by atoms with Crippen molar-refractivity contribution in [2.75, 3.05) is 20.8 Å². The van der Waals surface area contributed by atoms with Gasteiger partial charge in [-0.1, -0.05) is 42.5 Å². The summed E-state index contributed by atoms with van der Waals surface area (Å²) in [4.78, 5) is 27.2. The van der Waals surface area contributed by atoms with Crippen molar-refractivity contribution in [2.45, 2.75) is 38.8 Å². The lowest BCUT2D eigenvalue weighted by Crippen LogP contribution is -2.46. The smallest absolute Gasteiger partial charge is 0.305 e. The maximum absolute atomic E-state index is 13.5. The summed E-state index contributed by atoms with van der Waals surface area (Å²) in [5.41, 5.74) is 2.06. The molecule has 170 valence electrons. The number of ether oxygens (including phenoxy) is 3. The molecular formula is C26H31NO5. The molecule has 0 spiro atoms. The SMILES string of the molecule is CCOC(=O)CC[C@H]1C=C[C@H](Cc2ccccc2)N(Cc2ccc(OC)cc2OC)C1=O. The van der Waals surface area contributed by atoms with Gasteiger partial charge in [-0.2, -0.15) is 0 Å². The predicted octanol–water partition coefficient (Wildman–Crippen LogP) is 4.17. The van der Waals surface area contributed by atoms with Crippen LogP contribution in [-0.2, 0) is 27.3 Å². The minimum absolute atomic E-state index is 0.00982. The highest BCUT2D eigenvalue weighted by Crippen LogP contribution is 2.30. The Bertz CT molecular complexity index is 940. The van der Waals surface area contributed by atoms with Crippen molar-refractivity contribution in [3.05, 3.63) is 71.8 Å². The number of rotatable bonds is 10. The second-order valence-electron chi connectivity index (χ2n) is 7.74. The number of nitrogens with zero attached hydrogens (tertiary/aromatic N) is 1. The standard InChI is InChI=1S/C26H31NO5/c1-4-32-25(28)15-12-20-10-13-22(16-19-8-6-5-7-9-19)27(26(20)29)18-21-11-14-23(30-2)17-24(21)31-3/h5-11,13-14,17,20,22H,4,12,15-16,18H2,1-3H3/t20-,22-/m1/s1. The van der Waals surface area contributed by atoms with Crippen LogP contribution >= 0.6 is 0 Å². The van der Waals surface area contributed by atoms with Gasteiger partial charge < -0.3 is 19.1 Å². The van der Waals surface area contributed by atoms with Crippen LogP contribution in [-0.4, -0.2) is 43.6 Å². The van der Waals surface area contributed by atoms with Crippen molar-refractivity contribution in [3.63, 3.8) is 0 Å². The van der Waals surface area contributed by atoms with Crippen LogP contribution in [0.1, 0.15) is 30.9 Å². The molecule has 2 aromatic rings. The van der Waals surface area contributed by atoms with Crippen LogP contribution in [0.25, 0.3) is 0 Å². The topological polar surface area (TPSA) is 65.1 Å². The summed E-state index contributed by atoms with van der Waals surface area (Å²) in [6, 6.07) is 15.7. The number of methoxy groups -OCH3 is 2. The van der Waals surface area contributed by atoms with E-state index in [1.807, 2.05) is 47.4 Å². The Hall–Kier alpha value is -3.28. The third-order valence-corrected chi connectivity index (χ3v) is 5.65. The first kappa shape index (κ1) is 23.4. The average molecular weight is 438 g/mol. The molecule has 3 rings (SSSR count). The first-order valence-electron chi connectivity index (χ1n) is 10.9. The summed E-state index contributed by atoms with van der Waals surface area (Å²) in [7, 11) is 3.22. The van der Waals surface area contributed by atoms with Crippen molar-refractivity contribution < 1.29 is 23.8 Å². The van der Waals surface area contributed by atoms with E-state index in [1.54, 1.807) is 21.1 Å².